The fourth-order valence-corrected chi connectivity index (χ4v) is 0.846. The quantitative estimate of drug-likeness (QED) is 0.454. The summed E-state index contributed by atoms with van der Waals surface area (Å²) in [5.74, 6) is -0.156. The van der Waals surface area contributed by atoms with Gasteiger partial charge in [0.1, 0.15) is 0 Å². The number of esters is 1. The lowest BCUT2D eigenvalue weighted by atomic mass is 10.4. The number of carbonyl (C=O) groups excluding carboxylic acids is 1. The number of methoxy groups -OCH3 is 1. The number of nitrogens with zero attached hydrogens (tertiary/aromatic N) is 1. The number of rotatable bonds is 7. The van der Waals surface area contributed by atoms with Crippen LogP contribution in [0.15, 0.2) is 0 Å². The minimum atomic E-state index is -0.156. The predicted molar refractivity (Wildman–Crippen MR) is 52.7 cm³/mol. The van der Waals surface area contributed by atoms with Crippen molar-refractivity contribution >= 4 is 5.97 Å². The summed E-state index contributed by atoms with van der Waals surface area (Å²) in [6.45, 7) is 5.80. The Bertz CT molecular complexity index is 140. The molecule has 4 nitrogen and oxygen atoms in total. The van der Waals surface area contributed by atoms with E-state index in [2.05, 4.69) is 28.9 Å². The molecule has 13 heavy (non-hydrogen) atoms. The normalized spacial score (nSPS) is 10.5. The molecular weight excluding hydrogens is 168 g/mol. The zero-order valence-corrected chi connectivity index (χ0v) is 8.80. The highest BCUT2D eigenvalue weighted by molar-refractivity contribution is 5.69. The van der Waals surface area contributed by atoms with Crippen LogP contribution in [-0.2, 0) is 9.53 Å². The molecular formula is C9H20N2O2. The van der Waals surface area contributed by atoms with E-state index in [-0.39, 0.29) is 5.97 Å². The van der Waals surface area contributed by atoms with Gasteiger partial charge in [0.25, 0.3) is 0 Å². The first-order chi connectivity index (χ1) is 6.20. The van der Waals surface area contributed by atoms with Crippen LogP contribution in [0.3, 0.4) is 0 Å². The zero-order chi connectivity index (χ0) is 10.1. The second-order valence-corrected chi connectivity index (χ2v) is 2.97. The van der Waals surface area contributed by atoms with Crippen molar-refractivity contribution in [3.63, 3.8) is 0 Å². The van der Waals surface area contributed by atoms with Gasteiger partial charge in [0.05, 0.1) is 13.5 Å². The monoisotopic (exact) mass is 188 g/mol. The third-order valence-electron chi connectivity index (χ3n) is 1.94. The van der Waals surface area contributed by atoms with Gasteiger partial charge < -0.3 is 15.0 Å². The first-order valence-corrected chi connectivity index (χ1v) is 4.66. The fourth-order valence-electron chi connectivity index (χ4n) is 0.846. The molecule has 1 N–H and O–H groups in total. The Hall–Kier alpha value is -0.610. The summed E-state index contributed by atoms with van der Waals surface area (Å²) in [5.41, 5.74) is 0. The lowest BCUT2D eigenvalue weighted by Crippen LogP contribution is -2.30. The number of hydrogen-bond donors (Lipinski definition) is 1. The van der Waals surface area contributed by atoms with E-state index in [1.165, 1.54) is 7.11 Å². The zero-order valence-electron chi connectivity index (χ0n) is 8.80. The Morgan fingerprint density at radius 1 is 1.46 bits per heavy atom. The summed E-state index contributed by atoms with van der Waals surface area (Å²) >= 11 is 0. The van der Waals surface area contributed by atoms with Gasteiger partial charge in [-0.05, 0) is 13.6 Å². The highest BCUT2D eigenvalue weighted by Crippen LogP contribution is 1.82. The Labute approximate surface area is 80.2 Å². The third-order valence-corrected chi connectivity index (χ3v) is 1.94. The maximum absolute atomic E-state index is 10.7. The van der Waals surface area contributed by atoms with Gasteiger partial charge in [-0.2, -0.15) is 0 Å². The maximum atomic E-state index is 10.7. The van der Waals surface area contributed by atoms with Gasteiger partial charge in [0.2, 0.25) is 0 Å². The molecule has 0 heterocycles. The average molecular weight is 188 g/mol. The van der Waals surface area contributed by atoms with Crippen molar-refractivity contribution in [3.8, 4) is 0 Å². The summed E-state index contributed by atoms with van der Waals surface area (Å²) < 4.78 is 4.51. The molecule has 0 saturated heterocycles. The van der Waals surface area contributed by atoms with Gasteiger partial charge in [0.15, 0.2) is 0 Å². The molecule has 0 unspecified atom stereocenters. The van der Waals surface area contributed by atoms with E-state index in [1.807, 2.05) is 0 Å². The second-order valence-electron chi connectivity index (χ2n) is 2.97. The fraction of sp³-hybridized carbons (Fsp3) is 0.889. The third kappa shape index (κ3) is 7.74. The van der Waals surface area contributed by atoms with Crippen LogP contribution in [0.1, 0.15) is 13.3 Å². The van der Waals surface area contributed by atoms with E-state index in [0.717, 1.165) is 19.6 Å². The van der Waals surface area contributed by atoms with E-state index in [0.29, 0.717) is 13.0 Å². The Morgan fingerprint density at radius 3 is 2.69 bits per heavy atom. The summed E-state index contributed by atoms with van der Waals surface area (Å²) in [7, 11) is 3.48. The molecule has 0 fully saturated rings. The molecule has 0 aromatic carbocycles. The molecule has 0 radical (unpaired) electrons. The smallest absolute Gasteiger partial charge is 0.306 e. The van der Waals surface area contributed by atoms with E-state index >= 15 is 0 Å². The van der Waals surface area contributed by atoms with Gasteiger partial charge in [-0.15, -0.1) is 0 Å². The molecule has 0 spiro atoms. The minimum Gasteiger partial charge on any atom is -0.469 e. The highest BCUT2D eigenvalue weighted by atomic mass is 16.5. The van der Waals surface area contributed by atoms with Crippen LogP contribution in [0.2, 0.25) is 0 Å². The molecule has 0 aromatic heterocycles. The van der Waals surface area contributed by atoms with Crippen LogP contribution in [-0.4, -0.2) is 51.2 Å². The summed E-state index contributed by atoms with van der Waals surface area (Å²) in [6, 6.07) is 0. The van der Waals surface area contributed by atoms with E-state index in [4.69, 9.17) is 0 Å². The van der Waals surface area contributed by atoms with Crippen molar-refractivity contribution in [3.05, 3.63) is 0 Å². The second kappa shape index (κ2) is 8.01. The molecule has 0 bridgehead atoms. The van der Waals surface area contributed by atoms with Gasteiger partial charge in [0, 0.05) is 19.6 Å². The lowest BCUT2D eigenvalue weighted by Gasteiger charge is -2.13. The molecule has 0 aromatic rings. The molecule has 0 aliphatic rings. The number of carbonyl (C=O) groups is 1. The molecule has 78 valence electrons. The molecule has 0 saturated carbocycles. The summed E-state index contributed by atoms with van der Waals surface area (Å²) in [6.07, 6.45) is 0.451. The van der Waals surface area contributed by atoms with E-state index in [1.54, 1.807) is 0 Å². The van der Waals surface area contributed by atoms with Crippen LogP contribution in [0.25, 0.3) is 0 Å². The average Bonchev–Trinajstić information content (AvgIpc) is 2.16. The molecule has 0 rings (SSSR count). The van der Waals surface area contributed by atoms with Crippen molar-refractivity contribution < 1.29 is 9.53 Å². The van der Waals surface area contributed by atoms with Crippen LogP contribution in [0.5, 0.6) is 0 Å². The van der Waals surface area contributed by atoms with Gasteiger partial charge in [-0.1, -0.05) is 6.92 Å². The number of hydrogen-bond acceptors (Lipinski definition) is 4. The van der Waals surface area contributed by atoms with Crippen molar-refractivity contribution in [2.45, 2.75) is 13.3 Å². The standard InChI is InChI=1S/C9H20N2O2/c1-4-11(2)8-7-10-6-5-9(12)13-3/h10H,4-8H2,1-3H3. The first kappa shape index (κ1) is 12.4. The van der Waals surface area contributed by atoms with Gasteiger partial charge in [-0.25, -0.2) is 0 Å². The van der Waals surface area contributed by atoms with Crippen LogP contribution >= 0.6 is 0 Å². The lowest BCUT2D eigenvalue weighted by molar-refractivity contribution is -0.140. The number of ether oxygens (including phenoxy) is 1. The number of likely N-dealkylation sites (N-methyl/N-ethyl adjacent to an activating group) is 1. The van der Waals surface area contributed by atoms with Gasteiger partial charge >= 0.3 is 5.97 Å². The van der Waals surface area contributed by atoms with Crippen LogP contribution in [0.4, 0.5) is 0 Å². The van der Waals surface area contributed by atoms with Gasteiger partial charge in [-0.3, -0.25) is 4.79 Å². The van der Waals surface area contributed by atoms with E-state index < -0.39 is 0 Å². The molecule has 0 amide bonds. The summed E-state index contributed by atoms with van der Waals surface area (Å²) in [5, 5.41) is 3.17. The van der Waals surface area contributed by atoms with Crippen molar-refractivity contribution in [1.29, 1.82) is 0 Å². The highest BCUT2D eigenvalue weighted by Gasteiger charge is 1.98. The molecule has 0 aliphatic carbocycles. The van der Waals surface area contributed by atoms with Crippen molar-refractivity contribution in [2.75, 3.05) is 40.3 Å². The maximum Gasteiger partial charge on any atom is 0.306 e. The SMILES string of the molecule is CCN(C)CCNCCC(=O)OC. The largest absolute Gasteiger partial charge is 0.469 e. The van der Waals surface area contributed by atoms with Crippen molar-refractivity contribution in [2.24, 2.45) is 0 Å². The topological polar surface area (TPSA) is 41.6 Å². The predicted octanol–water partition coefficient (Wildman–Crippen LogP) is 0.0908. The Kier molecular flexibility index (Phi) is 7.63. The number of nitrogens with one attached hydrogen (secondary N) is 1. The Morgan fingerprint density at radius 2 is 2.15 bits per heavy atom. The first-order valence-electron chi connectivity index (χ1n) is 4.66. The van der Waals surface area contributed by atoms with Crippen LogP contribution in [0, 0.1) is 0 Å². The molecule has 4 heteroatoms. The molecule has 0 atom stereocenters. The minimum absolute atomic E-state index is 0.156. The van der Waals surface area contributed by atoms with Crippen molar-refractivity contribution in [1.82, 2.24) is 10.2 Å². The Balaban J connectivity index is 3.12. The molecule has 0 aliphatic heterocycles. The summed E-state index contributed by atoms with van der Waals surface area (Å²) in [4.78, 5) is 12.9. The van der Waals surface area contributed by atoms with E-state index in [9.17, 15) is 4.79 Å². The van der Waals surface area contributed by atoms with Crippen LogP contribution < -0.4 is 5.32 Å².